The van der Waals surface area contributed by atoms with Crippen molar-refractivity contribution in [3.05, 3.63) is 48.0 Å². The molecular formula is C16H14N2O4. The number of methoxy groups -OCH3 is 1. The number of benzene rings is 2. The van der Waals surface area contributed by atoms with Crippen LogP contribution in [0.15, 0.2) is 42.5 Å². The molecule has 2 N–H and O–H groups in total. The molecule has 0 saturated heterocycles. The Balaban J connectivity index is 1.88. The van der Waals surface area contributed by atoms with Crippen molar-refractivity contribution in [1.29, 1.82) is 0 Å². The zero-order valence-corrected chi connectivity index (χ0v) is 11.9. The van der Waals surface area contributed by atoms with Gasteiger partial charge in [0.2, 0.25) is 0 Å². The van der Waals surface area contributed by atoms with Gasteiger partial charge in [0.05, 0.1) is 18.4 Å². The lowest BCUT2D eigenvalue weighted by atomic mass is 10.1. The fourth-order valence-corrected chi connectivity index (χ4v) is 2.19. The lowest BCUT2D eigenvalue weighted by Gasteiger charge is -2.20. The Kier molecular flexibility index (Phi) is 3.65. The van der Waals surface area contributed by atoms with Crippen LogP contribution in [0.5, 0.6) is 11.5 Å². The van der Waals surface area contributed by atoms with Crippen molar-refractivity contribution in [3.8, 4) is 11.5 Å². The summed E-state index contributed by atoms with van der Waals surface area (Å²) in [5.74, 6) is 0.507. The van der Waals surface area contributed by atoms with E-state index in [-0.39, 0.29) is 18.4 Å². The summed E-state index contributed by atoms with van der Waals surface area (Å²) >= 11 is 0. The molecule has 0 spiro atoms. The van der Waals surface area contributed by atoms with Crippen molar-refractivity contribution >= 4 is 23.2 Å². The molecule has 0 unspecified atom stereocenters. The molecule has 1 aliphatic heterocycles. The molecule has 3 rings (SSSR count). The first-order valence-electron chi connectivity index (χ1n) is 6.68. The van der Waals surface area contributed by atoms with Crippen LogP contribution in [0, 0.1) is 0 Å². The highest BCUT2D eigenvalue weighted by Gasteiger charge is 2.22. The average molecular weight is 298 g/mol. The number of rotatable bonds is 3. The van der Waals surface area contributed by atoms with Crippen molar-refractivity contribution < 1.29 is 19.1 Å². The molecule has 0 fully saturated rings. The highest BCUT2D eigenvalue weighted by molar-refractivity contribution is 6.12. The van der Waals surface area contributed by atoms with Crippen molar-refractivity contribution in [2.45, 2.75) is 0 Å². The number of ether oxygens (including phenoxy) is 2. The van der Waals surface area contributed by atoms with Gasteiger partial charge in [-0.1, -0.05) is 12.1 Å². The number of hydrogen-bond donors (Lipinski definition) is 2. The Bertz CT molecular complexity index is 743. The molecule has 0 saturated carbocycles. The normalized spacial score (nSPS) is 12.7. The zero-order chi connectivity index (χ0) is 15.5. The number of para-hydroxylation sites is 1. The molecule has 2 amide bonds. The molecular weight excluding hydrogens is 284 g/mol. The van der Waals surface area contributed by atoms with Gasteiger partial charge >= 0.3 is 0 Å². The van der Waals surface area contributed by atoms with Crippen LogP contribution in [-0.2, 0) is 4.79 Å². The molecule has 0 atom stereocenters. The van der Waals surface area contributed by atoms with Gasteiger partial charge in [-0.3, -0.25) is 9.59 Å². The highest BCUT2D eigenvalue weighted by atomic mass is 16.5. The molecule has 0 bridgehead atoms. The molecule has 2 aromatic rings. The van der Waals surface area contributed by atoms with Gasteiger partial charge in [0.25, 0.3) is 11.8 Å². The number of amides is 2. The third-order valence-electron chi connectivity index (χ3n) is 3.22. The standard InChI is InChI=1S/C16H14N2O4/c1-21-11-5-2-4-10(8-11)17-16(20)12-6-3-7-13-15(12)18-14(19)9-22-13/h2-8H,9H2,1H3,(H,17,20)(H,18,19). The smallest absolute Gasteiger partial charge is 0.262 e. The Morgan fingerprint density at radius 3 is 2.91 bits per heavy atom. The van der Waals surface area contributed by atoms with Crippen LogP contribution >= 0.6 is 0 Å². The maximum atomic E-state index is 12.4. The summed E-state index contributed by atoms with van der Waals surface area (Å²) in [6, 6.07) is 12.1. The number of carbonyl (C=O) groups is 2. The van der Waals surface area contributed by atoms with Gasteiger partial charge in [0.15, 0.2) is 6.61 Å². The van der Waals surface area contributed by atoms with Gasteiger partial charge in [0, 0.05) is 11.8 Å². The van der Waals surface area contributed by atoms with Gasteiger partial charge < -0.3 is 20.1 Å². The van der Waals surface area contributed by atoms with Crippen LogP contribution in [0.1, 0.15) is 10.4 Å². The molecule has 112 valence electrons. The number of fused-ring (bicyclic) bond motifs is 1. The summed E-state index contributed by atoms with van der Waals surface area (Å²) in [4.78, 5) is 23.9. The fourth-order valence-electron chi connectivity index (χ4n) is 2.19. The SMILES string of the molecule is COc1cccc(NC(=O)c2cccc3c2NC(=O)CO3)c1. The first-order valence-corrected chi connectivity index (χ1v) is 6.68. The quantitative estimate of drug-likeness (QED) is 0.911. The number of nitrogens with one attached hydrogen (secondary N) is 2. The first-order chi connectivity index (χ1) is 10.7. The third-order valence-corrected chi connectivity index (χ3v) is 3.22. The Morgan fingerprint density at radius 2 is 2.09 bits per heavy atom. The van der Waals surface area contributed by atoms with Gasteiger partial charge in [-0.15, -0.1) is 0 Å². The number of hydrogen-bond acceptors (Lipinski definition) is 4. The summed E-state index contributed by atoms with van der Waals surface area (Å²) in [7, 11) is 1.56. The molecule has 6 heteroatoms. The lowest BCUT2D eigenvalue weighted by Crippen LogP contribution is -2.27. The number of anilines is 2. The molecule has 2 aromatic carbocycles. The number of carbonyl (C=O) groups excluding carboxylic acids is 2. The zero-order valence-electron chi connectivity index (χ0n) is 11.9. The maximum Gasteiger partial charge on any atom is 0.262 e. The Hall–Kier alpha value is -3.02. The highest BCUT2D eigenvalue weighted by Crippen LogP contribution is 2.31. The second-order valence-corrected chi connectivity index (χ2v) is 4.70. The van der Waals surface area contributed by atoms with Gasteiger partial charge in [-0.05, 0) is 24.3 Å². The molecule has 6 nitrogen and oxygen atoms in total. The Morgan fingerprint density at radius 1 is 1.27 bits per heavy atom. The van der Waals surface area contributed by atoms with Crippen LogP contribution in [0.4, 0.5) is 11.4 Å². The second-order valence-electron chi connectivity index (χ2n) is 4.70. The van der Waals surface area contributed by atoms with E-state index in [9.17, 15) is 9.59 Å². The summed E-state index contributed by atoms with van der Waals surface area (Å²) in [5, 5.41) is 5.44. The first kappa shape index (κ1) is 13.9. The monoisotopic (exact) mass is 298 g/mol. The van der Waals surface area contributed by atoms with Crippen LogP contribution in [0.25, 0.3) is 0 Å². The van der Waals surface area contributed by atoms with Crippen molar-refractivity contribution in [1.82, 2.24) is 0 Å². The van der Waals surface area contributed by atoms with E-state index in [2.05, 4.69) is 10.6 Å². The summed E-state index contributed by atoms with van der Waals surface area (Å²) in [5.41, 5.74) is 1.33. The molecule has 1 heterocycles. The van der Waals surface area contributed by atoms with E-state index in [1.807, 2.05) is 0 Å². The van der Waals surface area contributed by atoms with Crippen LogP contribution in [-0.4, -0.2) is 25.5 Å². The minimum Gasteiger partial charge on any atom is -0.497 e. The molecule has 0 aliphatic carbocycles. The Labute approximate surface area is 127 Å². The van der Waals surface area contributed by atoms with E-state index in [0.717, 1.165) is 0 Å². The molecule has 0 aromatic heterocycles. The largest absolute Gasteiger partial charge is 0.497 e. The predicted molar refractivity (Wildman–Crippen MR) is 81.5 cm³/mol. The minimum atomic E-state index is -0.337. The van der Waals surface area contributed by atoms with Gasteiger partial charge in [-0.25, -0.2) is 0 Å². The summed E-state index contributed by atoms with van der Waals surface area (Å²) in [6.45, 7) is -0.0477. The maximum absolute atomic E-state index is 12.4. The topological polar surface area (TPSA) is 76.7 Å². The molecule has 22 heavy (non-hydrogen) atoms. The molecule has 1 aliphatic rings. The van der Waals surface area contributed by atoms with Gasteiger partial charge in [0.1, 0.15) is 11.5 Å². The summed E-state index contributed by atoms with van der Waals surface area (Å²) in [6.07, 6.45) is 0. The van der Waals surface area contributed by atoms with Crippen molar-refractivity contribution in [2.24, 2.45) is 0 Å². The van der Waals surface area contributed by atoms with E-state index in [1.165, 1.54) is 0 Å². The lowest BCUT2D eigenvalue weighted by molar-refractivity contribution is -0.118. The fraction of sp³-hybridized carbons (Fsp3) is 0.125. The minimum absolute atomic E-state index is 0.0477. The second kappa shape index (κ2) is 5.77. The van der Waals surface area contributed by atoms with Gasteiger partial charge in [-0.2, -0.15) is 0 Å². The molecule has 0 radical (unpaired) electrons. The van der Waals surface area contributed by atoms with Crippen molar-refractivity contribution in [2.75, 3.05) is 24.4 Å². The predicted octanol–water partition coefficient (Wildman–Crippen LogP) is 2.28. The van der Waals surface area contributed by atoms with E-state index in [0.29, 0.717) is 28.4 Å². The van der Waals surface area contributed by atoms with Crippen LogP contribution < -0.4 is 20.1 Å². The van der Waals surface area contributed by atoms with Crippen LogP contribution in [0.3, 0.4) is 0 Å². The van der Waals surface area contributed by atoms with E-state index < -0.39 is 0 Å². The average Bonchev–Trinajstić information content (AvgIpc) is 2.54. The van der Waals surface area contributed by atoms with Crippen LogP contribution in [0.2, 0.25) is 0 Å². The van der Waals surface area contributed by atoms with Crippen molar-refractivity contribution in [3.63, 3.8) is 0 Å². The summed E-state index contributed by atoms with van der Waals surface area (Å²) < 4.78 is 10.4. The third kappa shape index (κ3) is 2.71. The van der Waals surface area contributed by atoms with E-state index >= 15 is 0 Å². The van der Waals surface area contributed by atoms with E-state index in [1.54, 1.807) is 49.6 Å². The van der Waals surface area contributed by atoms with E-state index in [4.69, 9.17) is 9.47 Å².